The first kappa shape index (κ1) is 13.9. The van der Waals surface area contributed by atoms with Gasteiger partial charge in [-0.05, 0) is 13.8 Å². The standard InChI is InChI=1S/C11H15N3O4/c1-5-14-12-6-8(7(2)13-14)9(10(15)17-3)11(16)18-4/h6H,5H2,1-4H3. The van der Waals surface area contributed by atoms with Gasteiger partial charge in [-0.25, -0.2) is 9.59 Å². The molecule has 0 saturated carbocycles. The monoisotopic (exact) mass is 253 g/mol. The van der Waals surface area contributed by atoms with E-state index in [1.807, 2.05) is 6.92 Å². The third-order valence-corrected chi connectivity index (χ3v) is 2.31. The van der Waals surface area contributed by atoms with E-state index in [1.54, 1.807) is 6.92 Å². The number of hydrogen-bond donors (Lipinski definition) is 0. The van der Waals surface area contributed by atoms with E-state index in [0.29, 0.717) is 17.8 Å². The number of carbonyl (C=O) groups is 2. The molecule has 7 heteroatoms. The minimum absolute atomic E-state index is 0.208. The molecule has 0 atom stereocenters. The predicted octanol–water partition coefficient (Wildman–Crippen LogP) is 0.326. The highest BCUT2D eigenvalue weighted by atomic mass is 16.5. The van der Waals surface area contributed by atoms with Crippen LogP contribution in [0.4, 0.5) is 0 Å². The summed E-state index contributed by atoms with van der Waals surface area (Å²) in [6.45, 7) is 4.15. The van der Waals surface area contributed by atoms with E-state index in [0.717, 1.165) is 0 Å². The summed E-state index contributed by atoms with van der Waals surface area (Å²) < 4.78 is 9.12. The quantitative estimate of drug-likeness (QED) is 0.313. The lowest BCUT2D eigenvalue weighted by molar-refractivity contribution is -0.144. The number of nitrogens with zero attached hydrogens (tertiary/aromatic N) is 3. The van der Waals surface area contributed by atoms with Gasteiger partial charge < -0.3 is 9.47 Å². The third-order valence-electron chi connectivity index (χ3n) is 2.31. The molecular weight excluding hydrogens is 238 g/mol. The Morgan fingerprint density at radius 1 is 1.28 bits per heavy atom. The Bertz CT molecular complexity index is 433. The van der Waals surface area contributed by atoms with E-state index in [4.69, 9.17) is 0 Å². The van der Waals surface area contributed by atoms with Gasteiger partial charge in [-0.2, -0.15) is 15.3 Å². The molecule has 0 radical (unpaired) electrons. The summed E-state index contributed by atoms with van der Waals surface area (Å²) in [6, 6.07) is 0. The van der Waals surface area contributed by atoms with Crippen molar-refractivity contribution in [2.45, 2.75) is 13.8 Å². The largest absolute Gasteiger partial charge is 0.465 e. The number of carbonyl (C=O) groups excluding carboxylic acids is 2. The van der Waals surface area contributed by atoms with Gasteiger partial charge >= 0.3 is 11.9 Å². The minimum Gasteiger partial charge on any atom is -0.465 e. The van der Waals surface area contributed by atoms with E-state index in [1.165, 1.54) is 25.6 Å². The third kappa shape index (κ3) is 2.73. The number of hydrazone groups is 2. The molecule has 1 heterocycles. The zero-order chi connectivity index (χ0) is 13.7. The molecule has 0 amide bonds. The Kier molecular flexibility index (Phi) is 4.59. The highest BCUT2D eigenvalue weighted by Crippen LogP contribution is 2.14. The number of allylic oxidation sites excluding steroid dienone is 1. The summed E-state index contributed by atoms with van der Waals surface area (Å²) in [5.74, 6) is -1.55. The number of methoxy groups -OCH3 is 2. The Morgan fingerprint density at radius 3 is 2.22 bits per heavy atom. The second kappa shape index (κ2) is 5.95. The van der Waals surface area contributed by atoms with Crippen molar-refractivity contribution in [3.8, 4) is 0 Å². The van der Waals surface area contributed by atoms with Crippen LogP contribution in [0.5, 0.6) is 0 Å². The van der Waals surface area contributed by atoms with Crippen molar-refractivity contribution in [1.82, 2.24) is 5.12 Å². The van der Waals surface area contributed by atoms with Gasteiger partial charge in [0.2, 0.25) is 0 Å². The van der Waals surface area contributed by atoms with Crippen LogP contribution < -0.4 is 0 Å². The van der Waals surface area contributed by atoms with Crippen molar-refractivity contribution >= 4 is 23.9 Å². The highest BCUT2D eigenvalue weighted by molar-refractivity contribution is 6.28. The second-order valence-electron chi connectivity index (χ2n) is 3.39. The summed E-state index contributed by atoms with van der Waals surface area (Å²) >= 11 is 0. The molecule has 18 heavy (non-hydrogen) atoms. The molecule has 0 unspecified atom stereocenters. The van der Waals surface area contributed by atoms with Crippen molar-refractivity contribution in [3.05, 3.63) is 11.1 Å². The van der Waals surface area contributed by atoms with Crippen LogP contribution >= 0.6 is 0 Å². The van der Waals surface area contributed by atoms with E-state index in [-0.39, 0.29) is 5.57 Å². The first-order valence-corrected chi connectivity index (χ1v) is 5.33. The fourth-order valence-electron chi connectivity index (χ4n) is 1.38. The fourth-order valence-corrected chi connectivity index (χ4v) is 1.38. The molecule has 0 spiro atoms. The Balaban J connectivity index is 3.26. The zero-order valence-electron chi connectivity index (χ0n) is 10.8. The van der Waals surface area contributed by atoms with Crippen molar-refractivity contribution < 1.29 is 19.1 Å². The van der Waals surface area contributed by atoms with Crippen LogP contribution in [0.3, 0.4) is 0 Å². The SMILES string of the molecule is CCN1N=CC(=C(C(=O)OC)C(=O)OC)C(C)=N1. The molecule has 0 aliphatic carbocycles. The van der Waals surface area contributed by atoms with Crippen LogP contribution in [0.1, 0.15) is 13.8 Å². The normalized spacial score (nSPS) is 14.1. The topological polar surface area (TPSA) is 80.6 Å². The maximum atomic E-state index is 11.6. The second-order valence-corrected chi connectivity index (χ2v) is 3.39. The summed E-state index contributed by atoms with van der Waals surface area (Å²) in [5, 5.41) is 9.55. The zero-order valence-corrected chi connectivity index (χ0v) is 10.8. The Labute approximate surface area is 105 Å². The molecule has 0 aromatic heterocycles. The first-order valence-electron chi connectivity index (χ1n) is 5.33. The molecule has 98 valence electrons. The van der Waals surface area contributed by atoms with E-state index in [2.05, 4.69) is 19.7 Å². The average Bonchev–Trinajstić information content (AvgIpc) is 2.39. The minimum atomic E-state index is -0.775. The molecule has 1 aliphatic rings. The van der Waals surface area contributed by atoms with Crippen LogP contribution in [0.2, 0.25) is 0 Å². The Morgan fingerprint density at radius 2 is 1.83 bits per heavy atom. The van der Waals surface area contributed by atoms with Crippen LogP contribution in [0, 0.1) is 0 Å². The maximum Gasteiger partial charge on any atom is 0.346 e. The molecule has 7 nitrogen and oxygen atoms in total. The highest BCUT2D eigenvalue weighted by Gasteiger charge is 2.27. The van der Waals surface area contributed by atoms with Crippen LogP contribution in [0.15, 0.2) is 21.3 Å². The van der Waals surface area contributed by atoms with Gasteiger partial charge in [0.05, 0.1) is 32.7 Å². The van der Waals surface area contributed by atoms with Crippen LogP contribution in [-0.2, 0) is 19.1 Å². The predicted molar refractivity (Wildman–Crippen MR) is 65.0 cm³/mol. The van der Waals surface area contributed by atoms with Gasteiger partial charge in [-0.15, -0.1) is 0 Å². The summed E-state index contributed by atoms with van der Waals surface area (Å²) in [6.07, 6.45) is 1.40. The van der Waals surface area contributed by atoms with Crippen molar-refractivity contribution in [2.75, 3.05) is 20.8 Å². The molecule has 0 N–H and O–H groups in total. The lowest BCUT2D eigenvalue weighted by Gasteiger charge is -2.18. The number of rotatable bonds is 3. The fraction of sp³-hybridized carbons (Fsp3) is 0.455. The lowest BCUT2D eigenvalue weighted by atomic mass is 10.1. The van der Waals surface area contributed by atoms with Crippen molar-refractivity contribution in [1.29, 1.82) is 0 Å². The molecule has 0 aromatic rings. The lowest BCUT2D eigenvalue weighted by Crippen LogP contribution is -2.25. The van der Waals surface area contributed by atoms with E-state index < -0.39 is 11.9 Å². The van der Waals surface area contributed by atoms with Gasteiger partial charge in [-0.3, -0.25) is 0 Å². The molecule has 0 fully saturated rings. The van der Waals surface area contributed by atoms with Crippen molar-refractivity contribution in [2.24, 2.45) is 10.2 Å². The van der Waals surface area contributed by atoms with Crippen LogP contribution in [0.25, 0.3) is 0 Å². The summed E-state index contributed by atoms with van der Waals surface area (Å²) in [7, 11) is 2.38. The number of hydrogen-bond acceptors (Lipinski definition) is 7. The molecule has 0 saturated heterocycles. The van der Waals surface area contributed by atoms with E-state index in [9.17, 15) is 9.59 Å². The summed E-state index contributed by atoms with van der Waals surface area (Å²) in [4.78, 5) is 23.2. The van der Waals surface area contributed by atoms with Crippen molar-refractivity contribution in [3.63, 3.8) is 0 Å². The molecule has 0 aromatic carbocycles. The molecule has 1 rings (SSSR count). The Hall–Kier alpha value is -2.18. The number of ether oxygens (including phenoxy) is 2. The van der Waals surface area contributed by atoms with Gasteiger partial charge in [0.1, 0.15) is 0 Å². The van der Waals surface area contributed by atoms with Gasteiger partial charge in [0.15, 0.2) is 5.57 Å². The van der Waals surface area contributed by atoms with Crippen LogP contribution in [-0.4, -0.2) is 49.7 Å². The smallest absolute Gasteiger partial charge is 0.346 e. The van der Waals surface area contributed by atoms with Gasteiger partial charge in [0, 0.05) is 5.57 Å². The number of esters is 2. The molecule has 1 aliphatic heterocycles. The van der Waals surface area contributed by atoms with Gasteiger partial charge in [0.25, 0.3) is 0 Å². The van der Waals surface area contributed by atoms with E-state index >= 15 is 0 Å². The average molecular weight is 253 g/mol. The summed E-state index contributed by atoms with van der Waals surface area (Å²) in [5.41, 5.74) is 0.594. The molecular formula is C11H15N3O4. The molecule has 0 bridgehead atoms. The maximum absolute atomic E-state index is 11.6. The first-order chi connectivity index (χ1) is 8.54. The van der Waals surface area contributed by atoms with Gasteiger partial charge in [-0.1, -0.05) is 0 Å².